The highest BCUT2D eigenvalue weighted by Crippen LogP contribution is 2.67. The maximum absolute atomic E-state index is 13.6. The van der Waals surface area contributed by atoms with Gasteiger partial charge in [-0.05, 0) is 61.8 Å². The van der Waals surface area contributed by atoms with Gasteiger partial charge in [0.2, 0.25) is 0 Å². The molecule has 0 bridgehead atoms. The summed E-state index contributed by atoms with van der Waals surface area (Å²) >= 11 is 0. The number of rotatable bonds is 6. The Bertz CT molecular complexity index is 1740. The minimum atomic E-state index is -1.38. The third-order valence-corrected chi connectivity index (χ3v) is 10.7. The van der Waals surface area contributed by atoms with E-state index >= 15 is 0 Å². The number of aromatic nitrogens is 1. The number of aliphatic hydroxyl groups excluding tert-OH is 1. The standard InChI is InChI=1S/C36H39NO10/c1-20(38)43-19-35(4)26-17-28(46-32(41)22-10-7-6-8-11-22)36(5)31(34(26,3)14-13-27(35)44-21(2)39)30(40)29-25(47-36)16-24(45-33(29)42)23-12-9-15-37-18-23/h6-12,15-16,18,26-28,30-31,40H,13-14,17,19H2,1-5H3/t26-,27+,28+,30+,31-,34+,35+,36-/m1/s1. The summed E-state index contributed by atoms with van der Waals surface area (Å²) in [5.74, 6) is -2.43. The molecule has 2 aliphatic carbocycles. The van der Waals surface area contributed by atoms with Crippen molar-refractivity contribution in [1.29, 1.82) is 0 Å². The SMILES string of the molecule is CC(=O)OC[C@@]1(C)[C@@H]2C[C@H](OC(=O)c3ccccc3)[C@@]3(C)Oc4cc(-c5cccnc5)oc(=O)c4[C@H](O)[C@@H]3[C@@]2(C)CC[C@@H]1OC(C)=O. The van der Waals surface area contributed by atoms with Crippen LogP contribution < -0.4 is 10.4 Å². The summed E-state index contributed by atoms with van der Waals surface area (Å²) in [6.45, 7) is 8.26. The molecular formula is C36H39NO10. The Morgan fingerprint density at radius 2 is 1.74 bits per heavy atom. The van der Waals surface area contributed by atoms with E-state index in [1.165, 1.54) is 13.8 Å². The Morgan fingerprint density at radius 1 is 1.00 bits per heavy atom. The molecule has 1 aromatic carbocycles. The number of aliphatic hydroxyl groups is 1. The number of esters is 3. The predicted molar refractivity (Wildman–Crippen MR) is 167 cm³/mol. The van der Waals surface area contributed by atoms with Gasteiger partial charge in [0, 0.05) is 49.2 Å². The van der Waals surface area contributed by atoms with Gasteiger partial charge in [0.1, 0.15) is 41.5 Å². The van der Waals surface area contributed by atoms with Gasteiger partial charge in [-0.25, -0.2) is 9.59 Å². The summed E-state index contributed by atoms with van der Waals surface area (Å²) in [4.78, 5) is 55.7. The Kier molecular flexibility index (Phi) is 8.24. The molecule has 2 fully saturated rings. The van der Waals surface area contributed by atoms with Crippen molar-refractivity contribution in [2.24, 2.45) is 22.7 Å². The summed E-state index contributed by atoms with van der Waals surface area (Å²) in [6.07, 6.45) is 1.31. The highest BCUT2D eigenvalue weighted by molar-refractivity contribution is 5.89. The largest absolute Gasteiger partial charge is 0.482 e. The fourth-order valence-electron chi connectivity index (χ4n) is 8.61. The highest BCUT2D eigenvalue weighted by Gasteiger charge is 2.71. The van der Waals surface area contributed by atoms with Crippen LogP contribution in [-0.2, 0) is 23.8 Å². The van der Waals surface area contributed by atoms with Crippen molar-refractivity contribution in [1.82, 2.24) is 4.98 Å². The van der Waals surface area contributed by atoms with Gasteiger partial charge in [-0.2, -0.15) is 0 Å². The van der Waals surface area contributed by atoms with Crippen molar-refractivity contribution in [3.05, 3.63) is 82.5 Å². The van der Waals surface area contributed by atoms with Crippen LogP contribution >= 0.6 is 0 Å². The lowest BCUT2D eigenvalue weighted by molar-refractivity contribution is -0.266. The van der Waals surface area contributed by atoms with E-state index in [1.54, 1.807) is 67.8 Å². The molecule has 3 aliphatic rings. The van der Waals surface area contributed by atoms with Crippen LogP contribution in [0.15, 0.2) is 70.1 Å². The first-order valence-electron chi connectivity index (χ1n) is 15.8. The quantitative estimate of drug-likeness (QED) is 0.283. The van der Waals surface area contributed by atoms with Crippen LogP contribution in [0.3, 0.4) is 0 Å². The molecule has 47 heavy (non-hydrogen) atoms. The zero-order valence-electron chi connectivity index (χ0n) is 27.1. The molecule has 8 atom stereocenters. The summed E-state index contributed by atoms with van der Waals surface area (Å²) < 4.78 is 30.2. The third-order valence-electron chi connectivity index (χ3n) is 10.7. The molecule has 3 aromatic rings. The molecule has 248 valence electrons. The average molecular weight is 646 g/mol. The smallest absolute Gasteiger partial charge is 0.345 e. The molecule has 11 heteroatoms. The van der Waals surface area contributed by atoms with Gasteiger partial charge in [0.25, 0.3) is 0 Å². The number of fused-ring (bicyclic) bond motifs is 4. The van der Waals surface area contributed by atoms with Gasteiger partial charge >= 0.3 is 23.5 Å². The monoisotopic (exact) mass is 645 g/mol. The number of benzene rings is 1. The molecule has 0 amide bonds. The van der Waals surface area contributed by atoms with E-state index in [9.17, 15) is 24.3 Å². The molecule has 1 N–H and O–H groups in total. The summed E-state index contributed by atoms with van der Waals surface area (Å²) in [7, 11) is 0. The first-order chi connectivity index (χ1) is 22.3. The highest BCUT2D eigenvalue weighted by atomic mass is 16.6. The second-order valence-corrected chi connectivity index (χ2v) is 13.6. The Balaban J connectivity index is 1.51. The number of hydrogen-bond acceptors (Lipinski definition) is 11. The van der Waals surface area contributed by atoms with Crippen molar-refractivity contribution in [3.63, 3.8) is 0 Å². The molecule has 6 rings (SSSR count). The molecule has 0 spiro atoms. The van der Waals surface area contributed by atoms with E-state index in [4.69, 9.17) is 23.4 Å². The normalized spacial score (nSPS) is 32.4. The molecule has 0 unspecified atom stereocenters. The number of carbonyl (C=O) groups is 3. The molecule has 0 radical (unpaired) electrons. The van der Waals surface area contributed by atoms with Crippen molar-refractivity contribution in [3.8, 4) is 17.1 Å². The number of nitrogens with zero attached hydrogens (tertiary/aromatic N) is 1. The summed E-state index contributed by atoms with van der Waals surface area (Å²) in [5.41, 5.74) is -2.94. The third kappa shape index (κ3) is 5.50. The van der Waals surface area contributed by atoms with Crippen LogP contribution in [0.5, 0.6) is 5.75 Å². The van der Waals surface area contributed by atoms with Crippen LogP contribution in [-0.4, -0.2) is 52.4 Å². The molecule has 3 heterocycles. The van der Waals surface area contributed by atoms with Crippen molar-refractivity contribution in [2.75, 3.05) is 6.61 Å². The van der Waals surface area contributed by atoms with E-state index in [0.29, 0.717) is 24.0 Å². The van der Waals surface area contributed by atoms with Gasteiger partial charge in [-0.15, -0.1) is 0 Å². The van der Waals surface area contributed by atoms with E-state index in [1.807, 2.05) is 13.8 Å². The fourth-order valence-corrected chi connectivity index (χ4v) is 8.61. The lowest BCUT2D eigenvalue weighted by Gasteiger charge is -2.66. The van der Waals surface area contributed by atoms with Crippen molar-refractivity contribution in [2.45, 2.75) is 77.8 Å². The van der Waals surface area contributed by atoms with Crippen LogP contribution in [0.25, 0.3) is 11.3 Å². The molecule has 2 aromatic heterocycles. The minimum Gasteiger partial charge on any atom is -0.482 e. The zero-order valence-corrected chi connectivity index (χ0v) is 27.1. The maximum Gasteiger partial charge on any atom is 0.345 e. The molecule has 11 nitrogen and oxygen atoms in total. The Labute approximate surface area is 272 Å². The van der Waals surface area contributed by atoms with Gasteiger partial charge in [0.05, 0.1) is 11.7 Å². The number of hydrogen-bond donors (Lipinski definition) is 1. The van der Waals surface area contributed by atoms with E-state index in [0.717, 1.165) is 0 Å². The van der Waals surface area contributed by atoms with Crippen LogP contribution in [0.2, 0.25) is 0 Å². The fraction of sp³-hybridized carbons (Fsp3) is 0.472. The van der Waals surface area contributed by atoms with Gasteiger partial charge < -0.3 is 28.5 Å². The summed E-state index contributed by atoms with van der Waals surface area (Å²) in [6, 6.07) is 13.6. The maximum atomic E-state index is 13.6. The predicted octanol–water partition coefficient (Wildman–Crippen LogP) is 5.05. The summed E-state index contributed by atoms with van der Waals surface area (Å²) in [5, 5.41) is 12.3. The Hall–Kier alpha value is -4.51. The second-order valence-electron chi connectivity index (χ2n) is 13.6. The topological polar surface area (TPSA) is 151 Å². The Morgan fingerprint density at radius 3 is 2.40 bits per heavy atom. The first-order valence-corrected chi connectivity index (χ1v) is 15.8. The number of carbonyl (C=O) groups excluding carboxylic acids is 3. The minimum absolute atomic E-state index is 0.0288. The lowest BCUT2D eigenvalue weighted by Crippen LogP contribution is -2.71. The molecule has 2 saturated carbocycles. The lowest BCUT2D eigenvalue weighted by atomic mass is 9.42. The number of pyridine rings is 1. The zero-order chi connectivity index (χ0) is 33.7. The van der Waals surface area contributed by atoms with Crippen molar-refractivity contribution >= 4 is 17.9 Å². The average Bonchev–Trinajstić information content (AvgIpc) is 3.03. The first kappa shape index (κ1) is 32.4. The van der Waals surface area contributed by atoms with Crippen LogP contribution in [0.4, 0.5) is 0 Å². The van der Waals surface area contributed by atoms with E-state index in [2.05, 4.69) is 4.98 Å². The van der Waals surface area contributed by atoms with Gasteiger partial charge in [-0.3, -0.25) is 14.6 Å². The van der Waals surface area contributed by atoms with Gasteiger partial charge in [0.15, 0.2) is 0 Å². The van der Waals surface area contributed by atoms with Crippen molar-refractivity contribution < 1.29 is 42.9 Å². The number of ether oxygens (including phenoxy) is 4. The molecular weight excluding hydrogens is 606 g/mol. The van der Waals surface area contributed by atoms with Crippen LogP contribution in [0.1, 0.15) is 75.9 Å². The molecule has 1 aliphatic heterocycles. The van der Waals surface area contributed by atoms with E-state index < -0.39 is 70.1 Å². The van der Waals surface area contributed by atoms with E-state index in [-0.39, 0.29) is 30.1 Å². The van der Waals surface area contributed by atoms with Gasteiger partial charge in [-0.1, -0.05) is 32.0 Å². The molecule has 0 saturated heterocycles. The second kappa shape index (κ2) is 11.9. The van der Waals surface area contributed by atoms with Crippen LogP contribution in [0, 0.1) is 22.7 Å².